The van der Waals surface area contributed by atoms with E-state index in [-0.39, 0.29) is 17.9 Å². The van der Waals surface area contributed by atoms with Gasteiger partial charge < -0.3 is 15.8 Å². The van der Waals surface area contributed by atoms with Crippen LogP contribution in [0.2, 0.25) is 0 Å². The van der Waals surface area contributed by atoms with Crippen LogP contribution in [0.15, 0.2) is 59.5 Å². The molecule has 1 amide bonds. The highest BCUT2D eigenvalue weighted by Gasteiger charge is 2.13. The molecule has 0 aliphatic heterocycles. The molecule has 8 nitrogen and oxygen atoms in total. The second-order valence-corrected chi connectivity index (χ2v) is 8.83. The van der Waals surface area contributed by atoms with Crippen LogP contribution >= 0.6 is 0 Å². The molecule has 164 valence electrons. The van der Waals surface area contributed by atoms with Crippen molar-refractivity contribution in [3.63, 3.8) is 0 Å². The summed E-state index contributed by atoms with van der Waals surface area (Å²) in [6.07, 6.45) is 0.211. The van der Waals surface area contributed by atoms with Gasteiger partial charge in [0.15, 0.2) is 0 Å². The molecule has 4 N–H and O–H groups in total. The van der Waals surface area contributed by atoms with E-state index in [0.717, 1.165) is 22.2 Å². The summed E-state index contributed by atoms with van der Waals surface area (Å²) in [6.45, 7) is 3.30. The maximum Gasteiger partial charge on any atom is 0.240 e. The van der Waals surface area contributed by atoms with E-state index >= 15 is 0 Å². The Morgan fingerprint density at radius 3 is 2.55 bits per heavy atom. The molecule has 3 aromatic rings. The van der Waals surface area contributed by atoms with Gasteiger partial charge in [0.1, 0.15) is 12.4 Å². The molecule has 0 fully saturated rings. The van der Waals surface area contributed by atoms with Crippen LogP contribution in [0.1, 0.15) is 17.7 Å². The van der Waals surface area contributed by atoms with E-state index in [4.69, 9.17) is 10.5 Å². The Morgan fingerprint density at radius 2 is 1.81 bits per heavy atom. The first kappa shape index (κ1) is 22.7. The van der Waals surface area contributed by atoms with Gasteiger partial charge in [0.25, 0.3) is 0 Å². The zero-order valence-electron chi connectivity index (χ0n) is 17.3. The number of carbonyl (C=O) groups is 1. The number of pyridine rings is 1. The lowest BCUT2D eigenvalue weighted by Gasteiger charge is -2.11. The standard InChI is InChI=1S/C22H26N4O4S/c1-16-14-17(20-4-2-3-5-21(20)26-16)15-30-18-6-8-19(9-7-18)31(28,29)25-13-12-24-11-10-22(23)27/h2-9,14,24-25H,10-13,15H2,1H3,(H2,23,27). The number of amides is 1. The second kappa shape index (κ2) is 10.3. The predicted octanol–water partition coefficient (Wildman–Crippen LogP) is 1.87. The molecule has 2 aromatic carbocycles. The Hall–Kier alpha value is -3.01. The molecule has 0 atom stereocenters. The number of aromatic nitrogens is 1. The van der Waals surface area contributed by atoms with E-state index < -0.39 is 15.9 Å². The van der Waals surface area contributed by atoms with Crippen molar-refractivity contribution in [2.45, 2.75) is 24.8 Å². The van der Waals surface area contributed by atoms with Gasteiger partial charge in [-0.05, 0) is 43.3 Å². The van der Waals surface area contributed by atoms with Crippen molar-refractivity contribution in [2.24, 2.45) is 5.73 Å². The molecule has 0 saturated carbocycles. The van der Waals surface area contributed by atoms with Crippen molar-refractivity contribution in [3.05, 3.63) is 65.9 Å². The van der Waals surface area contributed by atoms with Crippen LogP contribution in [0.25, 0.3) is 10.9 Å². The quantitative estimate of drug-likeness (QED) is 0.390. The number of aryl methyl sites for hydroxylation is 1. The Bertz CT molecular complexity index is 1150. The fourth-order valence-electron chi connectivity index (χ4n) is 3.08. The molecule has 0 saturated heterocycles. The fourth-order valence-corrected chi connectivity index (χ4v) is 4.12. The fraction of sp³-hybridized carbons (Fsp3) is 0.273. The van der Waals surface area contributed by atoms with Crippen molar-refractivity contribution in [2.75, 3.05) is 19.6 Å². The third-order valence-electron chi connectivity index (χ3n) is 4.60. The first-order valence-corrected chi connectivity index (χ1v) is 11.4. The number of nitrogens with zero attached hydrogens (tertiary/aromatic N) is 1. The minimum atomic E-state index is -3.63. The highest BCUT2D eigenvalue weighted by molar-refractivity contribution is 7.89. The monoisotopic (exact) mass is 442 g/mol. The van der Waals surface area contributed by atoms with Gasteiger partial charge >= 0.3 is 0 Å². The van der Waals surface area contributed by atoms with E-state index in [1.165, 1.54) is 12.1 Å². The second-order valence-electron chi connectivity index (χ2n) is 7.06. The Labute approximate surface area is 181 Å². The van der Waals surface area contributed by atoms with Gasteiger partial charge in [-0.25, -0.2) is 13.1 Å². The van der Waals surface area contributed by atoms with E-state index in [1.807, 2.05) is 37.3 Å². The first-order valence-electron chi connectivity index (χ1n) is 9.92. The van der Waals surface area contributed by atoms with Gasteiger partial charge in [0, 0.05) is 42.7 Å². The normalized spacial score (nSPS) is 11.5. The van der Waals surface area contributed by atoms with Crippen LogP contribution in [-0.2, 0) is 21.4 Å². The van der Waals surface area contributed by atoms with Gasteiger partial charge in [-0.3, -0.25) is 9.78 Å². The largest absolute Gasteiger partial charge is 0.489 e. The summed E-state index contributed by atoms with van der Waals surface area (Å²) in [5.41, 5.74) is 7.89. The molecule has 0 radical (unpaired) electrons. The summed E-state index contributed by atoms with van der Waals surface area (Å²) in [5, 5.41) is 3.98. The van der Waals surface area contributed by atoms with Gasteiger partial charge in [0.05, 0.1) is 10.4 Å². The molecular weight excluding hydrogens is 416 g/mol. The molecule has 1 heterocycles. The lowest BCUT2D eigenvalue weighted by Crippen LogP contribution is -2.33. The number of carbonyl (C=O) groups excluding carboxylic acids is 1. The molecule has 0 spiro atoms. The summed E-state index contributed by atoms with van der Waals surface area (Å²) < 4.78 is 33.2. The van der Waals surface area contributed by atoms with Crippen molar-refractivity contribution >= 4 is 26.8 Å². The number of benzene rings is 2. The summed E-state index contributed by atoms with van der Waals surface area (Å²) in [6, 6.07) is 16.2. The van der Waals surface area contributed by atoms with Crippen molar-refractivity contribution < 1.29 is 17.9 Å². The Morgan fingerprint density at radius 1 is 1.06 bits per heavy atom. The van der Waals surface area contributed by atoms with Crippen LogP contribution in [0.3, 0.4) is 0 Å². The van der Waals surface area contributed by atoms with Crippen LogP contribution in [0.5, 0.6) is 5.75 Å². The summed E-state index contributed by atoms with van der Waals surface area (Å²) in [4.78, 5) is 15.3. The molecule has 31 heavy (non-hydrogen) atoms. The zero-order chi connectivity index (χ0) is 22.3. The third kappa shape index (κ3) is 6.48. The van der Waals surface area contributed by atoms with Crippen LogP contribution in [-0.4, -0.2) is 38.9 Å². The maximum absolute atomic E-state index is 12.4. The summed E-state index contributed by atoms with van der Waals surface area (Å²) in [7, 11) is -3.63. The smallest absolute Gasteiger partial charge is 0.240 e. The Kier molecular flexibility index (Phi) is 7.56. The predicted molar refractivity (Wildman–Crippen MR) is 119 cm³/mol. The van der Waals surface area contributed by atoms with Crippen molar-refractivity contribution in [3.8, 4) is 5.75 Å². The van der Waals surface area contributed by atoms with E-state index in [9.17, 15) is 13.2 Å². The number of para-hydroxylation sites is 1. The highest BCUT2D eigenvalue weighted by atomic mass is 32.2. The molecule has 0 unspecified atom stereocenters. The van der Waals surface area contributed by atoms with E-state index in [1.54, 1.807) is 12.1 Å². The number of nitrogens with one attached hydrogen (secondary N) is 2. The Balaban J connectivity index is 1.56. The molecule has 0 bridgehead atoms. The summed E-state index contributed by atoms with van der Waals surface area (Å²) >= 11 is 0. The summed E-state index contributed by atoms with van der Waals surface area (Å²) in [5.74, 6) is 0.174. The van der Waals surface area contributed by atoms with Crippen molar-refractivity contribution in [1.82, 2.24) is 15.0 Å². The van der Waals surface area contributed by atoms with Crippen LogP contribution in [0, 0.1) is 6.92 Å². The minimum Gasteiger partial charge on any atom is -0.489 e. The van der Waals surface area contributed by atoms with Crippen molar-refractivity contribution in [1.29, 1.82) is 0 Å². The number of fused-ring (bicyclic) bond motifs is 1. The number of rotatable bonds is 11. The molecular formula is C22H26N4O4S. The highest BCUT2D eigenvalue weighted by Crippen LogP contribution is 2.21. The molecule has 0 aliphatic carbocycles. The maximum atomic E-state index is 12.4. The average molecular weight is 443 g/mol. The molecule has 1 aromatic heterocycles. The van der Waals surface area contributed by atoms with Gasteiger partial charge in [-0.15, -0.1) is 0 Å². The van der Waals surface area contributed by atoms with E-state index in [2.05, 4.69) is 15.0 Å². The first-order chi connectivity index (χ1) is 14.8. The van der Waals surface area contributed by atoms with Gasteiger partial charge in [0.2, 0.25) is 15.9 Å². The third-order valence-corrected chi connectivity index (χ3v) is 6.08. The average Bonchev–Trinajstić information content (AvgIpc) is 2.74. The number of primary amides is 1. The van der Waals surface area contributed by atoms with E-state index in [0.29, 0.717) is 25.4 Å². The number of sulfonamides is 1. The SMILES string of the molecule is Cc1cc(COc2ccc(S(=O)(=O)NCCNCCC(N)=O)cc2)c2ccccc2n1. The number of nitrogens with two attached hydrogens (primary N) is 1. The van der Waals surface area contributed by atoms with Crippen LogP contribution in [0.4, 0.5) is 0 Å². The molecule has 3 rings (SSSR count). The zero-order valence-corrected chi connectivity index (χ0v) is 18.1. The number of hydrogen-bond acceptors (Lipinski definition) is 6. The topological polar surface area (TPSA) is 123 Å². The number of hydrogen-bond donors (Lipinski definition) is 3. The van der Waals surface area contributed by atoms with Crippen LogP contribution < -0.4 is 20.5 Å². The molecule has 9 heteroatoms. The number of ether oxygens (including phenoxy) is 1. The minimum absolute atomic E-state index is 0.155. The van der Waals surface area contributed by atoms with Gasteiger partial charge in [-0.2, -0.15) is 0 Å². The van der Waals surface area contributed by atoms with Gasteiger partial charge in [-0.1, -0.05) is 18.2 Å². The lowest BCUT2D eigenvalue weighted by molar-refractivity contribution is -0.117. The lowest BCUT2D eigenvalue weighted by atomic mass is 10.1. The molecule has 0 aliphatic rings.